The van der Waals surface area contributed by atoms with E-state index in [0.717, 1.165) is 10.5 Å². The number of allylic oxidation sites excluding steroid dienone is 3. The number of imide groups is 2. The summed E-state index contributed by atoms with van der Waals surface area (Å²) in [5.74, 6) is -4.61. The summed E-state index contributed by atoms with van der Waals surface area (Å²) in [6.45, 7) is 0.141. The van der Waals surface area contributed by atoms with E-state index in [1.165, 1.54) is 19.1 Å². The molecule has 0 radical (unpaired) electrons. The predicted octanol–water partition coefficient (Wildman–Crippen LogP) is 4.87. The lowest BCUT2D eigenvalue weighted by Gasteiger charge is -2.49. The van der Waals surface area contributed by atoms with E-state index < -0.39 is 45.2 Å². The van der Waals surface area contributed by atoms with Crippen molar-refractivity contribution in [1.29, 1.82) is 0 Å². The monoisotopic (exact) mass is 702 g/mol. The van der Waals surface area contributed by atoms with Gasteiger partial charge in [0.15, 0.2) is 21.2 Å². The van der Waals surface area contributed by atoms with E-state index in [1.807, 2.05) is 36.4 Å². The molecule has 2 aromatic rings. The molecule has 2 aromatic carbocycles. The average molecular weight is 704 g/mol. The number of halogens is 3. The van der Waals surface area contributed by atoms with Crippen LogP contribution in [0.4, 0.5) is 0 Å². The summed E-state index contributed by atoms with van der Waals surface area (Å²) in [4.78, 5) is 53.6. The maximum atomic E-state index is 14.0. The SMILES string of the molecule is COc1cc(C=C[C@H]2C3=CC[C@@H]4C(=O)N(Cc5ccccc5)C(=O)[C@@H]4[C@@H]3C[C@@]3(Cl)C(=O)N(CBr)C(=O)[C@@]23Cl)cc(OC)c1O. The second-order valence-corrected chi connectivity index (χ2v) is 13.2. The molecule has 44 heavy (non-hydrogen) atoms. The largest absolute Gasteiger partial charge is 0.502 e. The Morgan fingerprint density at radius 2 is 1.64 bits per heavy atom. The van der Waals surface area contributed by atoms with Gasteiger partial charge in [-0.15, -0.1) is 23.2 Å². The molecule has 9 nitrogen and oxygen atoms in total. The van der Waals surface area contributed by atoms with Gasteiger partial charge in [0.2, 0.25) is 17.6 Å². The Balaban J connectivity index is 1.44. The second-order valence-electron chi connectivity index (χ2n) is 11.4. The first-order valence-electron chi connectivity index (χ1n) is 14.0. The normalized spacial score (nSPS) is 31.2. The number of alkyl halides is 3. The van der Waals surface area contributed by atoms with Gasteiger partial charge in [0.05, 0.1) is 38.1 Å². The molecule has 0 bridgehead atoms. The van der Waals surface area contributed by atoms with Gasteiger partial charge < -0.3 is 14.6 Å². The molecule has 4 amide bonds. The molecular formula is C32H29BrCl2N2O7. The van der Waals surface area contributed by atoms with Gasteiger partial charge in [-0.25, -0.2) is 0 Å². The lowest BCUT2D eigenvalue weighted by Crippen LogP contribution is -2.60. The van der Waals surface area contributed by atoms with E-state index in [2.05, 4.69) is 15.9 Å². The van der Waals surface area contributed by atoms with E-state index in [1.54, 1.807) is 24.3 Å². The van der Waals surface area contributed by atoms with Crippen molar-refractivity contribution < 1.29 is 33.8 Å². The van der Waals surface area contributed by atoms with Gasteiger partial charge in [-0.2, -0.15) is 0 Å². The third-order valence-corrected chi connectivity index (χ3v) is 11.3. The number of hydrogen-bond donors (Lipinski definition) is 1. The highest BCUT2D eigenvalue weighted by molar-refractivity contribution is 9.09. The van der Waals surface area contributed by atoms with Crippen molar-refractivity contribution >= 4 is 68.8 Å². The van der Waals surface area contributed by atoms with Crippen molar-refractivity contribution in [3.8, 4) is 17.2 Å². The third-order valence-electron chi connectivity index (χ3n) is 9.33. The van der Waals surface area contributed by atoms with Crippen LogP contribution in [-0.2, 0) is 25.7 Å². The lowest BCUT2D eigenvalue weighted by atomic mass is 9.57. The van der Waals surface area contributed by atoms with Crippen molar-refractivity contribution in [2.75, 3.05) is 19.7 Å². The number of fused-ring (bicyclic) bond motifs is 4. The molecule has 1 N–H and O–H groups in total. The first-order chi connectivity index (χ1) is 21.0. The van der Waals surface area contributed by atoms with Crippen LogP contribution in [0.3, 0.4) is 0 Å². The highest BCUT2D eigenvalue weighted by atomic mass is 79.9. The Labute approximate surface area is 272 Å². The lowest BCUT2D eigenvalue weighted by molar-refractivity contribution is -0.141. The van der Waals surface area contributed by atoms with Crippen LogP contribution >= 0.6 is 39.1 Å². The third kappa shape index (κ3) is 4.32. The fourth-order valence-electron chi connectivity index (χ4n) is 7.21. The van der Waals surface area contributed by atoms with Crippen LogP contribution in [0.1, 0.15) is 24.0 Å². The van der Waals surface area contributed by atoms with Crippen molar-refractivity contribution in [3.63, 3.8) is 0 Å². The zero-order valence-electron chi connectivity index (χ0n) is 23.8. The van der Waals surface area contributed by atoms with Crippen LogP contribution < -0.4 is 9.47 Å². The summed E-state index contributed by atoms with van der Waals surface area (Å²) in [6.07, 6.45) is 5.46. The zero-order chi connectivity index (χ0) is 31.6. The highest BCUT2D eigenvalue weighted by Crippen LogP contribution is 2.63. The summed E-state index contributed by atoms with van der Waals surface area (Å²) < 4.78 is 10.6. The molecule has 2 aliphatic heterocycles. The number of methoxy groups -OCH3 is 2. The quantitative estimate of drug-likeness (QED) is 0.190. The molecule has 6 atom stereocenters. The van der Waals surface area contributed by atoms with Gasteiger partial charge in [-0.3, -0.25) is 29.0 Å². The molecule has 2 aliphatic carbocycles. The number of hydrogen-bond acceptors (Lipinski definition) is 7. The van der Waals surface area contributed by atoms with E-state index in [-0.39, 0.29) is 53.9 Å². The number of rotatable bonds is 7. The van der Waals surface area contributed by atoms with Crippen LogP contribution in [0.2, 0.25) is 0 Å². The number of carbonyl (C=O) groups excluding carboxylic acids is 4. The van der Waals surface area contributed by atoms with E-state index in [4.69, 9.17) is 32.7 Å². The summed E-state index contributed by atoms with van der Waals surface area (Å²) in [6, 6.07) is 12.4. The highest BCUT2D eigenvalue weighted by Gasteiger charge is 2.75. The number of phenols is 1. The van der Waals surface area contributed by atoms with Gasteiger partial charge in [-0.1, -0.05) is 70.1 Å². The minimum absolute atomic E-state index is 0.0808. The molecule has 3 fully saturated rings. The number of ether oxygens (including phenoxy) is 2. The summed E-state index contributed by atoms with van der Waals surface area (Å²) in [5, 5.41) is 10.4. The standard InChI is InChI=1S/C32H29BrCl2N2O7/c1-43-23-12-18(13-24(44-2)26(23)38)8-11-22-19-9-10-20-25(28(40)36(27(20)39)15-17-6-4-3-5-7-17)21(19)14-31(34)29(41)37(16-33)30(42)32(22,31)35/h3-9,11-13,20-22,25,38H,10,14-16H2,1-2H3/t20-,21+,22-,25-,31+,32-/m0/s1. The number of carbonyl (C=O) groups is 4. The average Bonchev–Trinajstić information content (AvgIpc) is 3.35. The van der Waals surface area contributed by atoms with Gasteiger partial charge in [0.1, 0.15) is 0 Å². The molecule has 0 unspecified atom stereocenters. The molecule has 0 spiro atoms. The van der Waals surface area contributed by atoms with Crippen LogP contribution in [-0.4, -0.2) is 68.0 Å². The fourth-order valence-corrected chi connectivity index (χ4v) is 8.59. The van der Waals surface area contributed by atoms with Crippen molar-refractivity contribution in [3.05, 3.63) is 71.3 Å². The molecule has 2 heterocycles. The van der Waals surface area contributed by atoms with E-state index in [9.17, 15) is 24.3 Å². The van der Waals surface area contributed by atoms with Gasteiger partial charge in [-0.05, 0) is 42.0 Å². The van der Waals surface area contributed by atoms with E-state index >= 15 is 0 Å². The Hall–Kier alpha value is -3.34. The van der Waals surface area contributed by atoms with Crippen molar-refractivity contribution in [2.24, 2.45) is 23.7 Å². The summed E-state index contributed by atoms with van der Waals surface area (Å²) in [5.41, 5.74) is 1.97. The number of phenolic OH excluding ortho intramolecular Hbond substituents is 1. The smallest absolute Gasteiger partial charge is 0.254 e. The molecule has 6 rings (SSSR count). The predicted molar refractivity (Wildman–Crippen MR) is 166 cm³/mol. The van der Waals surface area contributed by atoms with Crippen LogP contribution in [0.15, 0.2) is 60.2 Å². The topological polar surface area (TPSA) is 113 Å². The molecule has 2 saturated heterocycles. The number of nitrogens with zero attached hydrogens (tertiary/aromatic N) is 2. The van der Waals surface area contributed by atoms with Gasteiger partial charge in [0.25, 0.3) is 11.8 Å². The van der Waals surface area contributed by atoms with Crippen molar-refractivity contribution in [2.45, 2.75) is 29.1 Å². The molecule has 230 valence electrons. The molecule has 12 heteroatoms. The van der Waals surface area contributed by atoms with Gasteiger partial charge >= 0.3 is 0 Å². The van der Waals surface area contributed by atoms with Crippen LogP contribution in [0.25, 0.3) is 6.08 Å². The zero-order valence-corrected chi connectivity index (χ0v) is 26.9. The number of amides is 4. The van der Waals surface area contributed by atoms with Crippen LogP contribution in [0, 0.1) is 23.7 Å². The molecule has 1 saturated carbocycles. The number of aromatic hydroxyl groups is 1. The Morgan fingerprint density at radius 3 is 2.25 bits per heavy atom. The Bertz CT molecular complexity index is 1610. The summed E-state index contributed by atoms with van der Waals surface area (Å²) >= 11 is 17.7. The first-order valence-corrected chi connectivity index (χ1v) is 15.9. The minimum atomic E-state index is -1.90. The fraction of sp³-hybridized carbons (Fsp3) is 0.375. The second kappa shape index (κ2) is 11.2. The van der Waals surface area contributed by atoms with Crippen molar-refractivity contribution in [1.82, 2.24) is 9.80 Å². The maximum Gasteiger partial charge on any atom is 0.254 e. The van der Waals surface area contributed by atoms with Gasteiger partial charge in [0, 0.05) is 5.92 Å². The minimum Gasteiger partial charge on any atom is -0.502 e. The summed E-state index contributed by atoms with van der Waals surface area (Å²) in [7, 11) is 2.82. The Kier molecular flexibility index (Phi) is 7.83. The van der Waals surface area contributed by atoms with Crippen LogP contribution in [0.5, 0.6) is 17.2 Å². The first kappa shape index (κ1) is 30.7. The number of likely N-dealkylation sites (tertiary alicyclic amines) is 2. The number of benzene rings is 2. The maximum absolute atomic E-state index is 14.0. The van der Waals surface area contributed by atoms with E-state index in [0.29, 0.717) is 11.1 Å². The Morgan fingerprint density at radius 1 is 0.977 bits per heavy atom. The molecule has 0 aromatic heterocycles. The molecular weight excluding hydrogens is 675 g/mol. The molecule has 4 aliphatic rings.